The van der Waals surface area contributed by atoms with Gasteiger partial charge in [-0.05, 0) is 91.6 Å². The Bertz CT molecular complexity index is 1370. The van der Waals surface area contributed by atoms with Gasteiger partial charge in [0.1, 0.15) is 11.6 Å². The molecule has 1 atom stereocenters. The van der Waals surface area contributed by atoms with Crippen molar-refractivity contribution in [1.82, 2.24) is 10.3 Å². The minimum atomic E-state index is -0.465. The van der Waals surface area contributed by atoms with E-state index < -0.39 is 6.04 Å². The second kappa shape index (κ2) is 10.5. The van der Waals surface area contributed by atoms with E-state index in [0.717, 1.165) is 53.3 Å². The van der Waals surface area contributed by atoms with Gasteiger partial charge in [0.2, 0.25) is 0 Å². The predicted molar refractivity (Wildman–Crippen MR) is 140 cm³/mol. The van der Waals surface area contributed by atoms with E-state index in [0.29, 0.717) is 23.3 Å². The van der Waals surface area contributed by atoms with Crippen LogP contribution in [0.25, 0.3) is 22.0 Å². The second-order valence-corrected chi connectivity index (χ2v) is 9.62. The number of carbonyl (C=O) groups is 1. The Morgan fingerprint density at radius 1 is 1.11 bits per heavy atom. The Labute approximate surface area is 210 Å². The number of fused-ring (bicyclic) bond motifs is 1. The summed E-state index contributed by atoms with van der Waals surface area (Å²) in [4.78, 5) is 16.8. The number of halogens is 1. The average molecular weight is 487 g/mol. The summed E-state index contributed by atoms with van der Waals surface area (Å²) in [5.74, 6) is -0.0330. The van der Waals surface area contributed by atoms with Crippen LogP contribution in [-0.2, 0) is 6.42 Å². The lowest BCUT2D eigenvalue weighted by atomic mass is 9.99. The summed E-state index contributed by atoms with van der Waals surface area (Å²) in [6, 6.07) is 18.0. The Hall–Kier alpha value is -3.64. The topological polar surface area (TPSA) is 74.3 Å². The summed E-state index contributed by atoms with van der Waals surface area (Å²) >= 11 is 0. The fraction of sp³-hybridized carbons (Fsp3) is 0.300. The van der Waals surface area contributed by atoms with E-state index in [4.69, 9.17) is 4.74 Å². The van der Waals surface area contributed by atoms with Gasteiger partial charge in [-0.2, -0.15) is 0 Å². The number of aromatic amines is 1. The van der Waals surface area contributed by atoms with Gasteiger partial charge in [-0.15, -0.1) is 0 Å². The Morgan fingerprint density at radius 3 is 2.64 bits per heavy atom. The maximum absolute atomic E-state index is 13.8. The number of nitrogens with one attached hydrogen (secondary N) is 2. The molecule has 4 aromatic rings. The van der Waals surface area contributed by atoms with Crippen molar-refractivity contribution in [2.45, 2.75) is 51.2 Å². The van der Waals surface area contributed by atoms with E-state index in [1.165, 1.54) is 6.07 Å². The molecule has 186 valence electrons. The van der Waals surface area contributed by atoms with Crippen molar-refractivity contribution < 1.29 is 19.0 Å². The maximum atomic E-state index is 13.8. The number of aromatic nitrogens is 1. The van der Waals surface area contributed by atoms with Crippen LogP contribution in [0.4, 0.5) is 4.39 Å². The molecule has 1 fully saturated rings. The molecule has 1 aliphatic carbocycles. The van der Waals surface area contributed by atoms with Gasteiger partial charge in [-0.1, -0.05) is 30.3 Å². The van der Waals surface area contributed by atoms with Crippen molar-refractivity contribution in [2.75, 3.05) is 6.61 Å². The van der Waals surface area contributed by atoms with Crippen LogP contribution in [0.2, 0.25) is 0 Å². The van der Waals surface area contributed by atoms with E-state index in [-0.39, 0.29) is 24.4 Å². The number of aryl methyl sites for hydroxylation is 1. The summed E-state index contributed by atoms with van der Waals surface area (Å²) in [5.41, 5.74) is 4.64. The Morgan fingerprint density at radius 2 is 1.86 bits per heavy atom. The number of carbonyl (C=O) groups excluding carboxylic acids is 1. The van der Waals surface area contributed by atoms with Crippen LogP contribution in [-0.4, -0.2) is 34.8 Å². The second-order valence-electron chi connectivity index (χ2n) is 9.62. The van der Waals surface area contributed by atoms with E-state index in [2.05, 4.69) is 10.3 Å². The Balaban J connectivity index is 1.42. The SMILES string of the molecule is Cc1cc(-c2ccc(OC3CCCC3)c(C(=O)NC(CO)Cc3c[nH]c4ccccc34)c2)ccc1F. The van der Waals surface area contributed by atoms with E-state index >= 15 is 0 Å². The molecule has 0 saturated heterocycles. The smallest absolute Gasteiger partial charge is 0.255 e. The van der Waals surface area contributed by atoms with Gasteiger partial charge in [0.05, 0.1) is 24.3 Å². The van der Waals surface area contributed by atoms with Gasteiger partial charge in [-0.3, -0.25) is 4.79 Å². The molecule has 6 heteroatoms. The van der Waals surface area contributed by atoms with Crippen LogP contribution in [0.15, 0.2) is 66.9 Å². The van der Waals surface area contributed by atoms with Crippen molar-refractivity contribution in [1.29, 1.82) is 0 Å². The van der Waals surface area contributed by atoms with Crippen molar-refractivity contribution in [3.63, 3.8) is 0 Å². The molecule has 1 aliphatic rings. The molecule has 1 heterocycles. The maximum Gasteiger partial charge on any atom is 0.255 e. The number of aliphatic hydroxyl groups excluding tert-OH is 1. The van der Waals surface area contributed by atoms with Crippen LogP contribution in [0.5, 0.6) is 5.75 Å². The molecule has 36 heavy (non-hydrogen) atoms. The van der Waals surface area contributed by atoms with Crippen LogP contribution in [0, 0.1) is 12.7 Å². The van der Waals surface area contributed by atoms with Crippen molar-refractivity contribution >= 4 is 16.8 Å². The van der Waals surface area contributed by atoms with Gasteiger partial charge >= 0.3 is 0 Å². The van der Waals surface area contributed by atoms with Crippen molar-refractivity contribution in [3.05, 3.63) is 89.4 Å². The number of hydrogen-bond donors (Lipinski definition) is 3. The first-order chi connectivity index (χ1) is 17.5. The minimum Gasteiger partial charge on any atom is -0.490 e. The predicted octanol–water partition coefficient (Wildman–Crippen LogP) is 5.94. The molecular formula is C30H31FN2O3. The fourth-order valence-corrected chi connectivity index (χ4v) is 4.99. The third-order valence-electron chi connectivity index (χ3n) is 7.01. The molecule has 0 bridgehead atoms. The Kier molecular flexibility index (Phi) is 7.05. The largest absolute Gasteiger partial charge is 0.490 e. The number of H-pyrrole nitrogens is 1. The normalized spacial score (nSPS) is 14.8. The molecule has 5 nitrogen and oxygen atoms in total. The van der Waals surface area contributed by atoms with Crippen molar-refractivity contribution in [2.24, 2.45) is 0 Å². The third kappa shape index (κ3) is 5.14. The van der Waals surface area contributed by atoms with Gasteiger partial charge in [0.25, 0.3) is 5.91 Å². The lowest BCUT2D eigenvalue weighted by molar-refractivity contribution is 0.0909. The zero-order valence-electron chi connectivity index (χ0n) is 20.4. The van der Waals surface area contributed by atoms with Crippen LogP contribution >= 0.6 is 0 Å². The molecule has 1 unspecified atom stereocenters. The van der Waals surface area contributed by atoms with Gasteiger partial charge in [-0.25, -0.2) is 4.39 Å². The molecule has 1 amide bonds. The molecule has 3 N–H and O–H groups in total. The van der Waals surface area contributed by atoms with Gasteiger partial charge in [0, 0.05) is 17.1 Å². The summed E-state index contributed by atoms with van der Waals surface area (Å²) in [6.45, 7) is 1.53. The third-order valence-corrected chi connectivity index (χ3v) is 7.01. The van der Waals surface area contributed by atoms with E-state index in [1.807, 2.05) is 42.6 Å². The standard InChI is InChI=1S/C30H31FN2O3/c1-19-14-20(10-12-27(19)31)21-11-13-29(36-24-6-2-3-7-24)26(16-21)30(35)33-23(18-34)15-22-17-32-28-9-5-4-8-25(22)28/h4-5,8-14,16-17,23-24,32,34H,2-3,6-7,15,18H2,1H3,(H,33,35). The highest BCUT2D eigenvalue weighted by molar-refractivity contribution is 5.98. The van der Waals surface area contributed by atoms with Crippen LogP contribution in [0.3, 0.4) is 0 Å². The zero-order chi connectivity index (χ0) is 25.1. The lowest BCUT2D eigenvalue weighted by Gasteiger charge is -2.20. The van der Waals surface area contributed by atoms with Crippen molar-refractivity contribution in [3.8, 4) is 16.9 Å². The zero-order valence-corrected chi connectivity index (χ0v) is 20.4. The summed E-state index contributed by atoms with van der Waals surface area (Å²) < 4.78 is 20.1. The number of benzene rings is 3. The number of aliphatic hydroxyl groups is 1. The molecule has 1 saturated carbocycles. The fourth-order valence-electron chi connectivity index (χ4n) is 4.99. The minimum absolute atomic E-state index is 0.0929. The number of amides is 1. The number of rotatable bonds is 8. The molecule has 1 aromatic heterocycles. The first kappa shape index (κ1) is 24.1. The van der Waals surface area contributed by atoms with Gasteiger partial charge < -0.3 is 20.1 Å². The van der Waals surface area contributed by atoms with E-state index in [9.17, 15) is 14.3 Å². The van der Waals surface area contributed by atoms with Crippen LogP contribution < -0.4 is 10.1 Å². The lowest BCUT2D eigenvalue weighted by Crippen LogP contribution is -2.39. The number of hydrogen-bond acceptors (Lipinski definition) is 3. The molecule has 3 aromatic carbocycles. The summed E-state index contributed by atoms with van der Waals surface area (Å²) in [6.07, 6.45) is 6.69. The summed E-state index contributed by atoms with van der Waals surface area (Å²) in [5, 5.41) is 14.2. The average Bonchev–Trinajstić information content (AvgIpc) is 3.55. The van der Waals surface area contributed by atoms with E-state index in [1.54, 1.807) is 25.1 Å². The first-order valence-corrected chi connectivity index (χ1v) is 12.6. The number of para-hydroxylation sites is 1. The monoisotopic (exact) mass is 486 g/mol. The molecule has 0 aliphatic heterocycles. The highest BCUT2D eigenvalue weighted by Gasteiger charge is 2.23. The summed E-state index contributed by atoms with van der Waals surface area (Å²) in [7, 11) is 0. The van der Waals surface area contributed by atoms with Crippen LogP contribution in [0.1, 0.15) is 47.2 Å². The van der Waals surface area contributed by atoms with Gasteiger partial charge in [0.15, 0.2) is 0 Å². The molecule has 0 spiro atoms. The highest BCUT2D eigenvalue weighted by atomic mass is 19.1. The molecule has 5 rings (SSSR count). The first-order valence-electron chi connectivity index (χ1n) is 12.6. The highest BCUT2D eigenvalue weighted by Crippen LogP contribution is 2.31. The number of ether oxygens (including phenoxy) is 1. The molecule has 0 radical (unpaired) electrons. The quantitative estimate of drug-likeness (QED) is 0.289. The molecular weight excluding hydrogens is 455 g/mol.